The van der Waals surface area contributed by atoms with Crippen molar-refractivity contribution < 1.29 is 36.6 Å². The van der Waals surface area contributed by atoms with Gasteiger partial charge in [-0.05, 0) is 36.6 Å². The van der Waals surface area contributed by atoms with Crippen molar-refractivity contribution in [2.45, 2.75) is 44.5 Å². The number of nitrogens with one attached hydrogen (secondary N) is 2. The van der Waals surface area contributed by atoms with Gasteiger partial charge < -0.3 is 20.6 Å². The number of amides is 1. The van der Waals surface area contributed by atoms with E-state index in [0.29, 0.717) is 22.4 Å². The molecule has 16 heteroatoms. The van der Waals surface area contributed by atoms with E-state index in [1.165, 1.54) is 23.0 Å². The first-order valence-corrected chi connectivity index (χ1v) is 13.3. The molecule has 2 aliphatic heterocycles. The Morgan fingerprint density at radius 2 is 2.00 bits per heavy atom. The van der Waals surface area contributed by atoms with Crippen LogP contribution < -0.4 is 10.6 Å². The highest BCUT2D eigenvalue weighted by Crippen LogP contribution is 2.38. The van der Waals surface area contributed by atoms with Crippen molar-refractivity contribution in [3.05, 3.63) is 59.8 Å². The van der Waals surface area contributed by atoms with Crippen LogP contribution in [-0.4, -0.2) is 78.1 Å². The van der Waals surface area contributed by atoms with E-state index in [4.69, 9.17) is 9.90 Å². The summed E-state index contributed by atoms with van der Waals surface area (Å²) in [5.74, 6) is 0.271. The normalized spacial score (nSPS) is 15.6. The average Bonchev–Trinajstić information content (AvgIpc) is 3.52. The summed E-state index contributed by atoms with van der Waals surface area (Å²) in [6.45, 7) is 3.08. The van der Waals surface area contributed by atoms with Crippen LogP contribution in [0, 0.1) is 0 Å². The van der Waals surface area contributed by atoms with Gasteiger partial charge in [-0.15, -0.1) is 0 Å². The number of rotatable bonds is 7. The van der Waals surface area contributed by atoms with E-state index in [1.54, 1.807) is 12.1 Å². The minimum Gasteiger partial charge on any atom is -0.483 e. The summed E-state index contributed by atoms with van der Waals surface area (Å²) in [6, 6.07) is 5.37. The molecule has 43 heavy (non-hydrogen) atoms. The Bertz CT molecular complexity index is 1640. The van der Waals surface area contributed by atoms with Crippen LogP contribution in [-0.2, 0) is 23.9 Å². The Labute approximate surface area is 241 Å². The summed E-state index contributed by atoms with van der Waals surface area (Å²) in [5.41, 5.74) is 0.634. The maximum atomic E-state index is 13.7. The predicted octanol–water partition coefficient (Wildman–Crippen LogP) is 4.07. The van der Waals surface area contributed by atoms with Crippen LogP contribution in [0.1, 0.15) is 35.0 Å². The van der Waals surface area contributed by atoms with Crippen LogP contribution in [0.3, 0.4) is 0 Å². The fraction of sp³-hybridized carbons (Fsp3) is 0.370. The molecule has 3 N–H and O–H groups in total. The molecule has 2 aliphatic rings. The molecule has 0 unspecified atom stereocenters. The number of carbonyl (C=O) groups excluding carboxylic acids is 1. The highest BCUT2D eigenvalue weighted by atomic mass is 19.4. The van der Waals surface area contributed by atoms with Crippen molar-refractivity contribution in [1.82, 2.24) is 34.4 Å². The second-order valence-corrected chi connectivity index (χ2v) is 10.1. The largest absolute Gasteiger partial charge is 0.483 e. The molecule has 1 amide bonds. The zero-order valence-electron chi connectivity index (χ0n) is 22.8. The number of anilines is 2. The van der Waals surface area contributed by atoms with E-state index in [9.17, 15) is 26.7 Å². The zero-order chi connectivity index (χ0) is 30.9. The van der Waals surface area contributed by atoms with Crippen LogP contribution in [0.4, 0.5) is 33.5 Å². The van der Waals surface area contributed by atoms with E-state index in [2.05, 4.69) is 25.7 Å². The Hall–Kier alpha value is -4.60. The SMILES string of the molecule is CCc1cc(Nc2nccn3c(-c4cn(CC(F)F)nc4C(F)(F)F)cnc23)ccc1C(=O)N1CCC12CNC2.O=CO. The molecule has 4 aromatic rings. The third-order valence-electron chi connectivity index (χ3n) is 7.57. The molecule has 1 aromatic carbocycles. The number of hydrogen-bond donors (Lipinski definition) is 3. The maximum Gasteiger partial charge on any atom is 0.435 e. The first-order valence-electron chi connectivity index (χ1n) is 13.3. The lowest BCUT2D eigenvalue weighted by Crippen LogP contribution is -2.77. The van der Waals surface area contributed by atoms with Crippen molar-refractivity contribution in [3.8, 4) is 11.3 Å². The van der Waals surface area contributed by atoms with Gasteiger partial charge in [0.1, 0.15) is 6.54 Å². The minimum atomic E-state index is -4.86. The van der Waals surface area contributed by atoms with Crippen LogP contribution in [0.25, 0.3) is 16.9 Å². The van der Waals surface area contributed by atoms with Crippen molar-refractivity contribution in [1.29, 1.82) is 0 Å². The van der Waals surface area contributed by atoms with Crippen LogP contribution >= 0.6 is 0 Å². The van der Waals surface area contributed by atoms with E-state index in [-0.39, 0.29) is 40.6 Å². The molecule has 2 saturated heterocycles. The van der Waals surface area contributed by atoms with E-state index < -0.39 is 24.8 Å². The van der Waals surface area contributed by atoms with Crippen molar-refractivity contribution in [3.63, 3.8) is 0 Å². The molecular formula is C27H27F5N8O3. The molecule has 5 heterocycles. The van der Waals surface area contributed by atoms with E-state index >= 15 is 0 Å². The minimum absolute atomic E-state index is 0.00197. The molecule has 0 radical (unpaired) electrons. The summed E-state index contributed by atoms with van der Waals surface area (Å²) in [7, 11) is 0. The lowest BCUT2D eigenvalue weighted by Gasteiger charge is -2.58. The first-order chi connectivity index (χ1) is 20.5. The monoisotopic (exact) mass is 606 g/mol. The number of alkyl halides is 5. The van der Waals surface area contributed by atoms with Gasteiger partial charge in [0.2, 0.25) is 0 Å². The van der Waals surface area contributed by atoms with Crippen LogP contribution in [0.5, 0.6) is 0 Å². The molecule has 2 fully saturated rings. The van der Waals surface area contributed by atoms with Gasteiger partial charge in [-0.25, -0.2) is 18.7 Å². The smallest absolute Gasteiger partial charge is 0.435 e. The van der Waals surface area contributed by atoms with Gasteiger partial charge in [-0.1, -0.05) is 6.92 Å². The van der Waals surface area contributed by atoms with Crippen molar-refractivity contribution in [2.24, 2.45) is 0 Å². The number of carboxylic acid groups (broad SMARTS) is 1. The van der Waals surface area contributed by atoms with Crippen LogP contribution in [0.2, 0.25) is 0 Å². The predicted molar refractivity (Wildman–Crippen MR) is 144 cm³/mol. The summed E-state index contributed by atoms with van der Waals surface area (Å²) in [5, 5.41) is 16.6. The molecule has 0 saturated carbocycles. The number of aryl methyl sites for hydroxylation is 1. The topological polar surface area (TPSA) is 130 Å². The molecular weight excluding hydrogens is 579 g/mol. The second-order valence-electron chi connectivity index (χ2n) is 10.1. The number of fused-ring (bicyclic) bond motifs is 1. The van der Waals surface area contributed by atoms with Gasteiger partial charge in [0.15, 0.2) is 17.2 Å². The zero-order valence-corrected chi connectivity index (χ0v) is 22.8. The van der Waals surface area contributed by atoms with Gasteiger partial charge >= 0.3 is 6.18 Å². The number of imidazole rings is 1. The highest BCUT2D eigenvalue weighted by molar-refractivity contribution is 5.97. The number of aromatic nitrogens is 5. The highest BCUT2D eigenvalue weighted by Gasteiger charge is 2.51. The fourth-order valence-corrected chi connectivity index (χ4v) is 5.35. The molecule has 1 spiro atoms. The van der Waals surface area contributed by atoms with Gasteiger partial charge in [-0.3, -0.25) is 18.7 Å². The summed E-state index contributed by atoms with van der Waals surface area (Å²) in [6.07, 6.45) is -1.13. The Morgan fingerprint density at radius 3 is 2.58 bits per heavy atom. The number of hydrogen-bond acceptors (Lipinski definition) is 7. The molecule has 6 rings (SSSR count). The molecule has 228 valence electrons. The van der Waals surface area contributed by atoms with Gasteiger partial charge in [-0.2, -0.15) is 18.3 Å². The second kappa shape index (κ2) is 11.6. The molecule has 3 aromatic heterocycles. The third-order valence-corrected chi connectivity index (χ3v) is 7.57. The molecule has 11 nitrogen and oxygen atoms in total. The number of benzene rings is 1. The summed E-state index contributed by atoms with van der Waals surface area (Å²) >= 11 is 0. The van der Waals surface area contributed by atoms with E-state index in [0.717, 1.165) is 37.8 Å². The van der Waals surface area contributed by atoms with Crippen LogP contribution in [0.15, 0.2) is 43.0 Å². The van der Waals surface area contributed by atoms with E-state index in [1.807, 2.05) is 17.9 Å². The molecule has 0 aliphatic carbocycles. The van der Waals surface area contributed by atoms with Crippen molar-refractivity contribution in [2.75, 3.05) is 25.0 Å². The Morgan fingerprint density at radius 1 is 1.26 bits per heavy atom. The summed E-state index contributed by atoms with van der Waals surface area (Å²) in [4.78, 5) is 32.1. The number of carbonyl (C=O) groups is 2. The number of likely N-dealkylation sites (tertiary alicyclic amines) is 1. The summed E-state index contributed by atoms with van der Waals surface area (Å²) < 4.78 is 68.8. The Balaban J connectivity index is 0.00000118. The van der Waals surface area contributed by atoms with Crippen molar-refractivity contribution >= 4 is 29.5 Å². The number of nitrogens with zero attached hydrogens (tertiary/aromatic N) is 6. The molecule has 0 bridgehead atoms. The Kier molecular flexibility index (Phi) is 8.05. The standard InChI is InChI=1S/C26H25F5N8O.CH2O2/c1-2-15-9-16(3-4-17(15)24(40)39-7-5-25(39)13-32-14-25)35-22-23-34-10-19(38(23)8-6-33-22)18-11-37(12-20(27)28)36-21(18)26(29,30)31;2-1-3/h3-4,6,8-11,20,32H,2,5,7,12-14H2,1H3,(H,33,35);1H,(H,2,3). The van der Waals surface area contributed by atoms with Gasteiger partial charge in [0.25, 0.3) is 18.8 Å². The van der Waals surface area contributed by atoms with Gasteiger partial charge in [0.05, 0.1) is 23.0 Å². The third kappa shape index (κ3) is 5.61. The maximum absolute atomic E-state index is 13.7. The first kappa shape index (κ1) is 29.9. The quantitative estimate of drug-likeness (QED) is 0.212. The number of halogens is 5. The fourth-order valence-electron chi connectivity index (χ4n) is 5.35. The lowest BCUT2D eigenvalue weighted by molar-refractivity contribution is -0.141. The average molecular weight is 607 g/mol. The van der Waals surface area contributed by atoms with Gasteiger partial charge in [0, 0.05) is 49.5 Å². The lowest BCUT2D eigenvalue weighted by atomic mass is 9.78. The molecule has 0 atom stereocenters.